The van der Waals surface area contributed by atoms with E-state index in [1.165, 1.54) is 22.8 Å². The summed E-state index contributed by atoms with van der Waals surface area (Å²) in [6.07, 6.45) is -2.20. The highest BCUT2D eigenvalue weighted by Gasteiger charge is 2.31. The highest BCUT2D eigenvalue weighted by molar-refractivity contribution is 5.75. The first-order chi connectivity index (χ1) is 17.6. The molecule has 0 N–H and O–H groups in total. The Bertz CT molecular complexity index is 1440. The number of aromatic nitrogens is 3. The van der Waals surface area contributed by atoms with Crippen molar-refractivity contribution in [3.05, 3.63) is 88.3 Å². The van der Waals surface area contributed by atoms with Crippen molar-refractivity contribution in [1.29, 1.82) is 0 Å². The van der Waals surface area contributed by atoms with E-state index in [-0.39, 0.29) is 28.9 Å². The van der Waals surface area contributed by atoms with Gasteiger partial charge >= 0.3 is 6.36 Å². The van der Waals surface area contributed by atoms with Gasteiger partial charge in [-0.1, -0.05) is 29.4 Å². The molecule has 0 aliphatic rings. The molecule has 0 bridgehead atoms. The van der Waals surface area contributed by atoms with Crippen LogP contribution in [0.2, 0.25) is 0 Å². The maximum atomic E-state index is 12.5. The third-order valence-electron chi connectivity index (χ3n) is 5.47. The Labute approximate surface area is 209 Å². The second-order valence-electron chi connectivity index (χ2n) is 8.49. The Balaban J connectivity index is 1.49. The quantitative estimate of drug-likeness (QED) is 0.345. The summed E-state index contributed by atoms with van der Waals surface area (Å²) in [6.45, 7) is 0.295. The van der Waals surface area contributed by atoms with Crippen LogP contribution in [0.1, 0.15) is 17.5 Å². The van der Waals surface area contributed by atoms with Crippen molar-refractivity contribution in [3.8, 4) is 28.6 Å². The van der Waals surface area contributed by atoms with Crippen molar-refractivity contribution >= 4 is 5.91 Å². The average molecular weight is 512 g/mol. The summed E-state index contributed by atoms with van der Waals surface area (Å²) in [7, 11) is 3.43. The van der Waals surface area contributed by atoms with Gasteiger partial charge in [-0.15, -0.1) is 13.2 Å². The fraction of sp³-hybridized carbons (Fsp3) is 0.231. The maximum Gasteiger partial charge on any atom is 0.573 e. The van der Waals surface area contributed by atoms with Crippen molar-refractivity contribution in [2.75, 3.05) is 14.1 Å². The summed E-state index contributed by atoms with van der Waals surface area (Å²) < 4.78 is 47.8. The lowest BCUT2D eigenvalue weighted by atomic mass is 10.1. The Morgan fingerprint density at radius 1 is 1.03 bits per heavy atom. The Morgan fingerprint density at radius 2 is 1.73 bits per heavy atom. The van der Waals surface area contributed by atoms with E-state index in [4.69, 9.17) is 4.52 Å². The molecule has 0 aliphatic heterocycles. The molecule has 0 saturated carbocycles. The zero-order valence-electron chi connectivity index (χ0n) is 20.0. The van der Waals surface area contributed by atoms with Crippen LogP contribution in [0.25, 0.3) is 22.8 Å². The van der Waals surface area contributed by atoms with Crippen molar-refractivity contribution in [3.63, 3.8) is 0 Å². The molecule has 8 nitrogen and oxygen atoms in total. The Hall–Kier alpha value is -4.41. The van der Waals surface area contributed by atoms with Gasteiger partial charge in [-0.2, -0.15) is 4.98 Å². The minimum absolute atomic E-state index is 0.0406. The van der Waals surface area contributed by atoms with Gasteiger partial charge in [0.05, 0.1) is 12.1 Å². The second-order valence-corrected chi connectivity index (χ2v) is 8.49. The molecule has 0 saturated heterocycles. The van der Waals surface area contributed by atoms with Gasteiger partial charge in [-0.05, 0) is 47.9 Å². The molecule has 0 aliphatic carbocycles. The van der Waals surface area contributed by atoms with Crippen LogP contribution >= 0.6 is 0 Å². The number of ether oxygens (including phenoxy) is 1. The number of aryl methyl sites for hydroxylation is 1. The van der Waals surface area contributed by atoms with Crippen LogP contribution in [-0.2, 0) is 17.8 Å². The van der Waals surface area contributed by atoms with E-state index in [0.717, 1.165) is 23.3 Å². The molecular weight excluding hydrogens is 489 g/mol. The fourth-order valence-electron chi connectivity index (χ4n) is 3.60. The molecule has 11 heteroatoms. The number of hydrogen-bond acceptors (Lipinski definition) is 6. The molecule has 2 aromatic heterocycles. The molecule has 2 aromatic carbocycles. The first-order valence-corrected chi connectivity index (χ1v) is 11.3. The number of halogens is 3. The van der Waals surface area contributed by atoms with Gasteiger partial charge in [0.1, 0.15) is 5.75 Å². The first kappa shape index (κ1) is 25.7. The zero-order chi connectivity index (χ0) is 26.6. The van der Waals surface area contributed by atoms with Gasteiger partial charge in [0.15, 0.2) is 0 Å². The van der Waals surface area contributed by atoms with Gasteiger partial charge in [0.25, 0.3) is 11.4 Å². The summed E-state index contributed by atoms with van der Waals surface area (Å²) in [6, 6.07) is 15.7. The molecule has 4 rings (SSSR count). The van der Waals surface area contributed by atoms with Crippen LogP contribution in [0.3, 0.4) is 0 Å². The molecule has 192 valence electrons. The van der Waals surface area contributed by atoms with Crippen LogP contribution in [0.5, 0.6) is 5.75 Å². The molecular formula is C26H23F3N4O4. The maximum absolute atomic E-state index is 12.5. The van der Waals surface area contributed by atoms with Crippen LogP contribution < -0.4 is 10.3 Å². The molecule has 1 amide bonds. The number of hydrogen-bond donors (Lipinski definition) is 0. The lowest BCUT2D eigenvalue weighted by Crippen LogP contribution is -2.21. The number of benzene rings is 2. The average Bonchev–Trinajstić information content (AvgIpc) is 3.34. The van der Waals surface area contributed by atoms with Crippen LogP contribution in [0.15, 0.2) is 76.2 Å². The molecule has 0 spiro atoms. The number of rotatable bonds is 8. The van der Waals surface area contributed by atoms with Gasteiger partial charge in [-0.25, -0.2) is 0 Å². The van der Waals surface area contributed by atoms with Crippen LogP contribution in [-0.4, -0.2) is 46.0 Å². The Morgan fingerprint density at radius 3 is 2.43 bits per heavy atom. The zero-order valence-corrected chi connectivity index (χ0v) is 20.0. The Kier molecular flexibility index (Phi) is 7.42. The monoisotopic (exact) mass is 512 g/mol. The molecule has 37 heavy (non-hydrogen) atoms. The van der Waals surface area contributed by atoms with Crippen LogP contribution in [0.4, 0.5) is 13.2 Å². The van der Waals surface area contributed by atoms with E-state index >= 15 is 0 Å². The number of nitrogens with zero attached hydrogens (tertiary/aromatic N) is 4. The van der Waals surface area contributed by atoms with E-state index in [1.54, 1.807) is 31.3 Å². The molecule has 0 unspecified atom stereocenters. The molecule has 2 heterocycles. The summed E-state index contributed by atoms with van der Waals surface area (Å²) in [5.41, 5.74) is 2.59. The summed E-state index contributed by atoms with van der Waals surface area (Å²) in [4.78, 5) is 30.2. The van der Waals surface area contributed by atoms with Crippen molar-refractivity contribution in [2.24, 2.45) is 0 Å². The smallest absolute Gasteiger partial charge is 0.406 e. The predicted octanol–water partition coefficient (Wildman–Crippen LogP) is 4.53. The standard InChI is InChI=1S/C26H23F3N4O4/c1-32(2)22(34)12-6-17-4-3-5-18(14-17)15-33-16-20(9-13-23(33)35)25-30-24(31-37-25)19-7-10-21(11-8-19)36-26(27,28)29/h3-5,7-11,13-14,16H,6,12,15H2,1-2H3. The van der Waals surface area contributed by atoms with E-state index in [1.807, 2.05) is 24.3 Å². The van der Waals surface area contributed by atoms with E-state index in [2.05, 4.69) is 14.9 Å². The van der Waals surface area contributed by atoms with E-state index < -0.39 is 6.36 Å². The largest absolute Gasteiger partial charge is 0.573 e. The minimum Gasteiger partial charge on any atom is -0.406 e. The lowest BCUT2D eigenvalue weighted by molar-refractivity contribution is -0.274. The van der Waals surface area contributed by atoms with E-state index in [9.17, 15) is 22.8 Å². The van der Waals surface area contributed by atoms with Crippen LogP contribution in [0, 0.1) is 0 Å². The van der Waals surface area contributed by atoms with Gasteiger partial charge in [0, 0.05) is 38.3 Å². The predicted molar refractivity (Wildman–Crippen MR) is 129 cm³/mol. The third-order valence-corrected chi connectivity index (χ3v) is 5.47. The highest BCUT2D eigenvalue weighted by Crippen LogP contribution is 2.26. The molecule has 4 aromatic rings. The minimum atomic E-state index is -4.78. The number of amides is 1. The number of carbonyl (C=O) groups excluding carboxylic acids is 1. The molecule has 0 fully saturated rings. The van der Waals surface area contributed by atoms with Gasteiger partial charge in [0.2, 0.25) is 11.7 Å². The fourth-order valence-corrected chi connectivity index (χ4v) is 3.60. The van der Waals surface area contributed by atoms with Gasteiger partial charge in [-0.3, -0.25) is 9.59 Å². The lowest BCUT2D eigenvalue weighted by Gasteiger charge is -2.11. The summed E-state index contributed by atoms with van der Waals surface area (Å²) >= 11 is 0. The normalized spacial score (nSPS) is 11.4. The SMILES string of the molecule is CN(C)C(=O)CCc1cccc(Cn2cc(-c3nc(-c4ccc(OC(F)(F)F)cc4)no3)ccc2=O)c1. The highest BCUT2D eigenvalue weighted by atomic mass is 19.4. The number of pyridine rings is 1. The number of carbonyl (C=O) groups is 1. The summed E-state index contributed by atoms with van der Waals surface area (Å²) in [5, 5.41) is 3.89. The first-order valence-electron chi connectivity index (χ1n) is 11.3. The summed E-state index contributed by atoms with van der Waals surface area (Å²) in [5.74, 6) is 0.000782. The molecule has 0 atom stereocenters. The van der Waals surface area contributed by atoms with Gasteiger partial charge < -0.3 is 18.7 Å². The number of alkyl halides is 3. The second kappa shape index (κ2) is 10.7. The third kappa shape index (κ3) is 6.84. The van der Waals surface area contributed by atoms with E-state index in [0.29, 0.717) is 30.5 Å². The van der Waals surface area contributed by atoms with Crippen molar-refractivity contribution < 1.29 is 27.2 Å². The molecule has 0 radical (unpaired) electrons. The topological polar surface area (TPSA) is 90.5 Å². The van der Waals surface area contributed by atoms with Crippen molar-refractivity contribution in [2.45, 2.75) is 25.7 Å². The van der Waals surface area contributed by atoms with Crippen molar-refractivity contribution in [1.82, 2.24) is 19.6 Å².